The maximum Gasteiger partial charge on any atom is 0.175 e. The molecule has 0 unspecified atom stereocenters. The fourth-order valence-corrected chi connectivity index (χ4v) is 2.29. The molecule has 0 amide bonds. The molecule has 0 aliphatic rings. The molecule has 0 saturated heterocycles. The number of sulfone groups is 1. The molecule has 16 heavy (non-hydrogen) atoms. The van der Waals surface area contributed by atoms with Crippen LogP contribution in [0.1, 0.15) is 38.2 Å². The van der Waals surface area contributed by atoms with Crippen molar-refractivity contribution in [2.75, 3.05) is 6.26 Å². The predicted octanol–water partition coefficient (Wildman–Crippen LogP) is 3.21. The van der Waals surface area contributed by atoms with E-state index in [1.807, 2.05) is 12.1 Å². The highest BCUT2D eigenvalue weighted by molar-refractivity contribution is 7.90. The average Bonchev–Trinajstić information content (AvgIpc) is 2.24. The Morgan fingerprint density at radius 2 is 1.62 bits per heavy atom. The van der Waals surface area contributed by atoms with Crippen molar-refractivity contribution in [2.24, 2.45) is 0 Å². The second-order valence-corrected chi connectivity index (χ2v) is 6.24. The lowest BCUT2D eigenvalue weighted by Crippen LogP contribution is -1.97. The van der Waals surface area contributed by atoms with Gasteiger partial charge in [-0.05, 0) is 30.5 Å². The van der Waals surface area contributed by atoms with Gasteiger partial charge in [-0.3, -0.25) is 0 Å². The topological polar surface area (TPSA) is 34.1 Å². The molecule has 0 atom stereocenters. The van der Waals surface area contributed by atoms with Crippen LogP contribution < -0.4 is 0 Å². The molecule has 0 aliphatic carbocycles. The third-order valence-corrected chi connectivity index (χ3v) is 3.80. The van der Waals surface area contributed by atoms with E-state index >= 15 is 0 Å². The first-order valence-corrected chi connectivity index (χ1v) is 7.72. The largest absolute Gasteiger partial charge is 0.224 e. The van der Waals surface area contributed by atoms with Gasteiger partial charge in [-0.1, -0.05) is 38.3 Å². The van der Waals surface area contributed by atoms with Gasteiger partial charge in [-0.2, -0.15) is 0 Å². The zero-order valence-electron chi connectivity index (χ0n) is 10.1. The summed E-state index contributed by atoms with van der Waals surface area (Å²) in [6, 6.07) is 7.24. The Hall–Kier alpha value is -0.830. The minimum atomic E-state index is -3.05. The lowest BCUT2D eigenvalue weighted by Gasteiger charge is -2.02. The Bertz CT molecular complexity index is 404. The fourth-order valence-electron chi connectivity index (χ4n) is 1.66. The van der Waals surface area contributed by atoms with Crippen LogP contribution in [0.15, 0.2) is 29.2 Å². The van der Waals surface area contributed by atoms with Crippen molar-refractivity contribution in [3.8, 4) is 0 Å². The van der Waals surface area contributed by atoms with Crippen molar-refractivity contribution in [3.63, 3.8) is 0 Å². The van der Waals surface area contributed by atoms with Crippen molar-refractivity contribution in [1.29, 1.82) is 0 Å². The Kier molecular flexibility index (Phi) is 5.00. The van der Waals surface area contributed by atoms with E-state index in [0.717, 1.165) is 6.42 Å². The number of hydrogen-bond donors (Lipinski definition) is 0. The summed E-state index contributed by atoms with van der Waals surface area (Å²) in [6.45, 7) is 2.20. The van der Waals surface area contributed by atoms with Gasteiger partial charge in [0, 0.05) is 6.26 Å². The molecule has 3 heteroatoms. The Balaban J connectivity index is 2.52. The average molecular weight is 240 g/mol. The van der Waals surface area contributed by atoms with Crippen LogP contribution >= 0.6 is 0 Å². The molecule has 0 saturated carbocycles. The van der Waals surface area contributed by atoms with Crippen LogP contribution in [0.4, 0.5) is 0 Å². The smallest absolute Gasteiger partial charge is 0.175 e. The van der Waals surface area contributed by atoms with E-state index in [4.69, 9.17) is 0 Å². The number of aryl methyl sites for hydroxylation is 1. The molecule has 0 heterocycles. The second-order valence-electron chi connectivity index (χ2n) is 4.23. The molecule has 0 fully saturated rings. The normalized spacial score (nSPS) is 11.6. The van der Waals surface area contributed by atoms with Crippen molar-refractivity contribution >= 4 is 9.84 Å². The summed E-state index contributed by atoms with van der Waals surface area (Å²) in [5.74, 6) is 0. The Morgan fingerprint density at radius 1 is 1.00 bits per heavy atom. The van der Waals surface area contributed by atoms with Gasteiger partial charge < -0.3 is 0 Å². The molecule has 1 aromatic rings. The van der Waals surface area contributed by atoms with Gasteiger partial charge in [0.1, 0.15) is 0 Å². The minimum absolute atomic E-state index is 0.407. The summed E-state index contributed by atoms with van der Waals surface area (Å²) >= 11 is 0. The molecular weight excluding hydrogens is 220 g/mol. The van der Waals surface area contributed by atoms with Crippen LogP contribution in [0.5, 0.6) is 0 Å². The van der Waals surface area contributed by atoms with Gasteiger partial charge in [0.25, 0.3) is 0 Å². The number of benzene rings is 1. The fraction of sp³-hybridized carbons (Fsp3) is 0.538. The molecule has 0 N–H and O–H groups in total. The van der Waals surface area contributed by atoms with E-state index < -0.39 is 9.84 Å². The quantitative estimate of drug-likeness (QED) is 0.715. The predicted molar refractivity (Wildman–Crippen MR) is 67.4 cm³/mol. The van der Waals surface area contributed by atoms with Crippen LogP contribution in [-0.4, -0.2) is 14.7 Å². The van der Waals surface area contributed by atoms with Crippen LogP contribution in [0.25, 0.3) is 0 Å². The van der Waals surface area contributed by atoms with E-state index in [1.54, 1.807) is 12.1 Å². The highest BCUT2D eigenvalue weighted by atomic mass is 32.2. The van der Waals surface area contributed by atoms with E-state index in [1.165, 1.54) is 37.5 Å². The summed E-state index contributed by atoms with van der Waals surface area (Å²) in [5.41, 5.74) is 1.23. The van der Waals surface area contributed by atoms with Crippen molar-refractivity contribution in [1.82, 2.24) is 0 Å². The second kappa shape index (κ2) is 6.04. The van der Waals surface area contributed by atoms with E-state index in [-0.39, 0.29) is 0 Å². The van der Waals surface area contributed by atoms with Crippen LogP contribution in [-0.2, 0) is 16.3 Å². The SMILES string of the molecule is CCCCCCc1ccc(S(C)(=O)=O)cc1. The first-order valence-electron chi connectivity index (χ1n) is 5.83. The third-order valence-electron chi connectivity index (χ3n) is 2.67. The van der Waals surface area contributed by atoms with E-state index in [2.05, 4.69) is 6.92 Å². The van der Waals surface area contributed by atoms with Crippen LogP contribution in [0, 0.1) is 0 Å². The van der Waals surface area contributed by atoms with Gasteiger partial charge in [-0.25, -0.2) is 8.42 Å². The number of rotatable bonds is 6. The molecule has 0 bridgehead atoms. The molecule has 1 rings (SSSR count). The molecule has 0 aliphatic heterocycles. The van der Waals surface area contributed by atoms with Crippen molar-refractivity contribution in [2.45, 2.75) is 43.9 Å². The Morgan fingerprint density at radius 3 is 2.12 bits per heavy atom. The standard InChI is InChI=1S/C13H20O2S/c1-3-4-5-6-7-12-8-10-13(11-9-12)16(2,14)15/h8-11H,3-7H2,1-2H3. The molecule has 90 valence electrons. The summed E-state index contributed by atoms with van der Waals surface area (Å²) in [5, 5.41) is 0. The van der Waals surface area contributed by atoms with Gasteiger partial charge in [0.05, 0.1) is 4.90 Å². The number of unbranched alkanes of at least 4 members (excludes halogenated alkanes) is 3. The zero-order valence-corrected chi connectivity index (χ0v) is 10.9. The minimum Gasteiger partial charge on any atom is -0.224 e. The summed E-state index contributed by atoms with van der Waals surface area (Å²) in [4.78, 5) is 0.407. The lowest BCUT2D eigenvalue weighted by atomic mass is 10.1. The summed E-state index contributed by atoms with van der Waals surface area (Å²) in [6.07, 6.45) is 7.25. The molecule has 0 radical (unpaired) electrons. The van der Waals surface area contributed by atoms with Crippen molar-refractivity contribution < 1.29 is 8.42 Å². The molecule has 2 nitrogen and oxygen atoms in total. The van der Waals surface area contributed by atoms with Crippen molar-refractivity contribution in [3.05, 3.63) is 29.8 Å². The first kappa shape index (κ1) is 13.2. The highest BCUT2D eigenvalue weighted by Crippen LogP contribution is 2.12. The summed E-state index contributed by atoms with van der Waals surface area (Å²) in [7, 11) is -3.05. The Labute approximate surface area is 98.6 Å². The maximum atomic E-state index is 11.2. The maximum absolute atomic E-state index is 11.2. The van der Waals surface area contributed by atoms with Crippen LogP contribution in [0.2, 0.25) is 0 Å². The van der Waals surface area contributed by atoms with Gasteiger partial charge in [0.2, 0.25) is 0 Å². The van der Waals surface area contributed by atoms with Gasteiger partial charge >= 0.3 is 0 Å². The highest BCUT2D eigenvalue weighted by Gasteiger charge is 2.05. The monoisotopic (exact) mass is 240 g/mol. The third kappa shape index (κ3) is 4.35. The van der Waals surface area contributed by atoms with E-state index in [9.17, 15) is 8.42 Å². The lowest BCUT2D eigenvalue weighted by molar-refractivity contribution is 0.602. The molecule has 0 aromatic heterocycles. The molecule has 1 aromatic carbocycles. The number of hydrogen-bond acceptors (Lipinski definition) is 2. The van der Waals surface area contributed by atoms with E-state index in [0.29, 0.717) is 4.90 Å². The molecule has 0 spiro atoms. The van der Waals surface area contributed by atoms with Gasteiger partial charge in [0.15, 0.2) is 9.84 Å². The first-order chi connectivity index (χ1) is 7.54. The summed E-state index contributed by atoms with van der Waals surface area (Å²) < 4.78 is 22.5. The van der Waals surface area contributed by atoms with Gasteiger partial charge in [-0.15, -0.1) is 0 Å². The molecular formula is C13H20O2S. The van der Waals surface area contributed by atoms with Crippen LogP contribution in [0.3, 0.4) is 0 Å². The zero-order chi connectivity index (χ0) is 12.0.